The Morgan fingerprint density at radius 1 is 1.00 bits per heavy atom. The molecule has 2 nitrogen and oxygen atoms in total. The summed E-state index contributed by atoms with van der Waals surface area (Å²) in [6, 6.07) is 0.816. The molecule has 1 rings (SSSR count). The second-order valence-corrected chi connectivity index (χ2v) is 4.39. The number of unbranched alkanes of at least 4 members (excludes halogenated alkanes) is 1. The monoisotopic (exact) mass is 198 g/mol. The molecule has 1 fully saturated rings. The molecule has 0 heterocycles. The van der Waals surface area contributed by atoms with E-state index < -0.39 is 0 Å². The number of rotatable bonds is 7. The van der Waals surface area contributed by atoms with Gasteiger partial charge in [-0.2, -0.15) is 0 Å². The van der Waals surface area contributed by atoms with E-state index >= 15 is 0 Å². The topological polar surface area (TPSA) is 24.1 Å². The van der Waals surface area contributed by atoms with Gasteiger partial charge in [0, 0.05) is 19.1 Å². The van der Waals surface area contributed by atoms with Crippen molar-refractivity contribution in [1.82, 2.24) is 10.6 Å². The Kier molecular flexibility index (Phi) is 7.06. The minimum Gasteiger partial charge on any atom is -0.315 e. The summed E-state index contributed by atoms with van der Waals surface area (Å²) in [6.45, 7) is 5.70. The first kappa shape index (κ1) is 12.0. The molecule has 0 aliphatic heterocycles. The minimum atomic E-state index is 0.816. The highest BCUT2D eigenvalue weighted by molar-refractivity contribution is 4.71. The average Bonchev–Trinajstić information content (AvgIpc) is 2.25. The average molecular weight is 198 g/mol. The Balaban J connectivity index is 1.82. The van der Waals surface area contributed by atoms with Gasteiger partial charge in [0.05, 0.1) is 0 Å². The summed E-state index contributed by atoms with van der Waals surface area (Å²) >= 11 is 0. The Bertz CT molecular complexity index is 119. The smallest absolute Gasteiger partial charge is 0.00793 e. The van der Waals surface area contributed by atoms with Crippen LogP contribution in [0, 0.1) is 0 Å². The van der Waals surface area contributed by atoms with Crippen LogP contribution in [0.15, 0.2) is 0 Å². The van der Waals surface area contributed by atoms with Crippen LogP contribution >= 0.6 is 0 Å². The Morgan fingerprint density at radius 3 is 2.50 bits per heavy atom. The Hall–Kier alpha value is -0.0800. The molecule has 1 saturated carbocycles. The van der Waals surface area contributed by atoms with Crippen LogP contribution in [0.1, 0.15) is 51.9 Å². The van der Waals surface area contributed by atoms with Crippen molar-refractivity contribution in [3.05, 3.63) is 0 Å². The van der Waals surface area contributed by atoms with Crippen LogP contribution in [0.5, 0.6) is 0 Å². The van der Waals surface area contributed by atoms with Gasteiger partial charge in [-0.05, 0) is 25.8 Å². The van der Waals surface area contributed by atoms with Gasteiger partial charge in [-0.25, -0.2) is 0 Å². The molecule has 0 aromatic carbocycles. The molecule has 0 unspecified atom stereocenters. The highest BCUT2D eigenvalue weighted by atomic mass is 15.0. The molecule has 2 N–H and O–H groups in total. The molecular formula is C12H26N2. The van der Waals surface area contributed by atoms with Gasteiger partial charge < -0.3 is 10.6 Å². The van der Waals surface area contributed by atoms with E-state index in [2.05, 4.69) is 17.6 Å². The maximum atomic E-state index is 3.64. The fraction of sp³-hybridized carbons (Fsp3) is 1.00. The van der Waals surface area contributed by atoms with Crippen LogP contribution in [0.2, 0.25) is 0 Å². The first-order valence-corrected chi connectivity index (χ1v) is 6.37. The van der Waals surface area contributed by atoms with E-state index in [-0.39, 0.29) is 0 Å². The third-order valence-electron chi connectivity index (χ3n) is 3.05. The van der Waals surface area contributed by atoms with Crippen molar-refractivity contribution in [1.29, 1.82) is 0 Å². The second-order valence-electron chi connectivity index (χ2n) is 4.39. The fourth-order valence-electron chi connectivity index (χ4n) is 2.10. The second kappa shape index (κ2) is 8.25. The lowest BCUT2D eigenvalue weighted by Gasteiger charge is -2.22. The standard InChI is InChI=1S/C12H26N2/c1-2-3-9-13-10-11-14-12-7-5-4-6-8-12/h12-14H,2-11H2,1H3. The van der Waals surface area contributed by atoms with Crippen molar-refractivity contribution in [2.24, 2.45) is 0 Å². The summed E-state index contributed by atoms with van der Waals surface area (Å²) in [4.78, 5) is 0. The summed E-state index contributed by atoms with van der Waals surface area (Å²) < 4.78 is 0. The zero-order valence-electron chi connectivity index (χ0n) is 9.65. The molecule has 1 aliphatic carbocycles. The fourth-order valence-corrected chi connectivity index (χ4v) is 2.10. The van der Waals surface area contributed by atoms with Crippen molar-refractivity contribution in [2.75, 3.05) is 19.6 Å². The highest BCUT2D eigenvalue weighted by Crippen LogP contribution is 2.16. The van der Waals surface area contributed by atoms with Gasteiger partial charge in [0.2, 0.25) is 0 Å². The van der Waals surface area contributed by atoms with Crippen molar-refractivity contribution in [2.45, 2.75) is 57.9 Å². The zero-order chi connectivity index (χ0) is 10.1. The maximum absolute atomic E-state index is 3.64. The van der Waals surface area contributed by atoms with E-state index in [0.29, 0.717) is 0 Å². The largest absolute Gasteiger partial charge is 0.315 e. The summed E-state index contributed by atoms with van der Waals surface area (Å²) in [5.74, 6) is 0. The lowest BCUT2D eigenvalue weighted by atomic mass is 9.95. The predicted octanol–water partition coefficient (Wildman–Crippen LogP) is 2.30. The molecule has 0 aromatic rings. The van der Waals surface area contributed by atoms with Gasteiger partial charge in [-0.1, -0.05) is 32.6 Å². The van der Waals surface area contributed by atoms with E-state index in [1.54, 1.807) is 0 Å². The first-order valence-electron chi connectivity index (χ1n) is 6.37. The Morgan fingerprint density at radius 2 is 1.79 bits per heavy atom. The van der Waals surface area contributed by atoms with Crippen LogP contribution in [-0.4, -0.2) is 25.7 Å². The van der Waals surface area contributed by atoms with E-state index in [4.69, 9.17) is 0 Å². The molecular weight excluding hydrogens is 172 g/mol. The van der Waals surface area contributed by atoms with Crippen LogP contribution in [0.4, 0.5) is 0 Å². The molecule has 0 amide bonds. The number of hydrogen-bond donors (Lipinski definition) is 2. The molecule has 0 radical (unpaired) electrons. The normalized spacial score (nSPS) is 18.6. The molecule has 0 atom stereocenters. The van der Waals surface area contributed by atoms with Crippen LogP contribution < -0.4 is 10.6 Å². The molecule has 0 aromatic heterocycles. The predicted molar refractivity (Wildman–Crippen MR) is 62.7 cm³/mol. The van der Waals surface area contributed by atoms with Gasteiger partial charge >= 0.3 is 0 Å². The van der Waals surface area contributed by atoms with E-state index in [9.17, 15) is 0 Å². The van der Waals surface area contributed by atoms with Crippen molar-refractivity contribution < 1.29 is 0 Å². The van der Waals surface area contributed by atoms with Crippen molar-refractivity contribution in [3.8, 4) is 0 Å². The van der Waals surface area contributed by atoms with Gasteiger partial charge in [0.25, 0.3) is 0 Å². The van der Waals surface area contributed by atoms with E-state index in [0.717, 1.165) is 19.1 Å². The quantitative estimate of drug-likeness (QED) is 0.613. The van der Waals surface area contributed by atoms with Gasteiger partial charge in [0.1, 0.15) is 0 Å². The van der Waals surface area contributed by atoms with E-state index in [1.807, 2.05) is 0 Å². The molecule has 2 heteroatoms. The molecule has 0 saturated heterocycles. The zero-order valence-corrected chi connectivity index (χ0v) is 9.65. The van der Waals surface area contributed by atoms with Crippen molar-refractivity contribution in [3.63, 3.8) is 0 Å². The number of hydrogen-bond acceptors (Lipinski definition) is 2. The van der Waals surface area contributed by atoms with Crippen LogP contribution in [0.3, 0.4) is 0 Å². The Labute approximate surface area is 88.8 Å². The third kappa shape index (κ3) is 5.61. The third-order valence-corrected chi connectivity index (χ3v) is 3.05. The lowest BCUT2D eigenvalue weighted by Crippen LogP contribution is -2.36. The van der Waals surface area contributed by atoms with Gasteiger partial charge in [0.15, 0.2) is 0 Å². The maximum Gasteiger partial charge on any atom is 0.00793 e. The molecule has 84 valence electrons. The van der Waals surface area contributed by atoms with Crippen LogP contribution in [-0.2, 0) is 0 Å². The lowest BCUT2D eigenvalue weighted by molar-refractivity contribution is 0.372. The minimum absolute atomic E-state index is 0.816. The summed E-state index contributed by atoms with van der Waals surface area (Å²) in [5.41, 5.74) is 0. The molecule has 0 spiro atoms. The molecule has 1 aliphatic rings. The molecule has 14 heavy (non-hydrogen) atoms. The number of nitrogens with one attached hydrogen (secondary N) is 2. The summed E-state index contributed by atoms with van der Waals surface area (Å²) in [7, 11) is 0. The van der Waals surface area contributed by atoms with Gasteiger partial charge in [-0.15, -0.1) is 0 Å². The summed E-state index contributed by atoms with van der Waals surface area (Å²) in [5, 5.41) is 7.10. The molecule has 0 bridgehead atoms. The SMILES string of the molecule is CCCCNCCNC1CCCCC1. The van der Waals surface area contributed by atoms with Gasteiger partial charge in [-0.3, -0.25) is 0 Å². The van der Waals surface area contributed by atoms with Crippen LogP contribution in [0.25, 0.3) is 0 Å². The summed E-state index contributed by atoms with van der Waals surface area (Å²) in [6.07, 6.45) is 9.71. The first-order chi connectivity index (χ1) is 6.93. The van der Waals surface area contributed by atoms with E-state index in [1.165, 1.54) is 51.5 Å². The van der Waals surface area contributed by atoms with Crippen molar-refractivity contribution >= 4 is 0 Å². The highest BCUT2D eigenvalue weighted by Gasteiger charge is 2.11.